The molecule has 0 atom stereocenters. The Labute approximate surface area is 135 Å². The first-order valence-corrected chi connectivity index (χ1v) is 7.82. The number of esters is 1. The second-order valence-corrected chi connectivity index (χ2v) is 5.80. The molecule has 0 amide bonds. The molecule has 2 aromatic rings. The first-order chi connectivity index (χ1) is 11.1. The molecule has 0 N–H and O–H groups in total. The average molecular weight is 310 g/mol. The molecule has 0 aromatic heterocycles. The molecule has 2 aromatic carbocycles. The van der Waals surface area contributed by atoms with Gasteiger partial charge in [-0.25, -0.2) is 9.18 Å². The third kappa shape index (κ3) is 3.04. The van der Waals surface area contributed by atoms with Crippen LogP contribution in [0.1, 0.15) is 40.9 Å². The molecule has 3 heteroatoms. The fraction of sp³-hybridized carbons (Fsp3) is 0.250. The molecular formula is C20H19FO2. The van der Waals surface area contributed by atoms with Crippen molar-refractivity contribution in [2.45, 2.75) is 26.7 Å². The number of hydrogen-bond acceptors (Lipinski definition) is 2. The Morgan fingerprint density at radius 1 is 1.22 bits per heavy atom. The van der Waals surface area contributed by atoms with E-state index in [1.165, 1.54) is 28.3 Å². The van der Waals surface area contributed by atoms with Crippen molar-refractivity contribution in [3.63, 3.8) is 0 Å². The van der Waals surface area contributed by atoms with E-state index in [-0.39, 0.29) is 18.0 Å². The summed E-state index contributed by atoms with van der Waals surface area (Å²) in [6.07, 6.45) is 1.46. The van der Waals surface area contributed by atoms with Crippen molar-refractivity contribution < 1.29 is 13.9 Å². The molecule has 118 valence electrons. The summed E-state index contributed by atoms with van der Waals surface area (Å²) >= 11 is 0. The van der Waals surface area contributed by atoms with Crippen molar-refractivity contribution >= 4 is 11.5 Å². The number of carbonyl (C=O) groups is 1. The molecule has 0 heterocycles. The Morgan fingerprint density at radius 2 is 2.00 bits per heavy atom. The highest BCUT2D eigenvalue weighted by molar-refractivity contribution is 5.89. The second kappa shape index (κ2) is 6.37. The first-order valence-electron chi connectivity index (χ1n) is 7.82. The fourth-order valence-electron chi connectivity index (χ4n) is 3.06. The zero-order valence-corrected chi connectivity index (χ0v) is 13.4. The average Bonchev–Trinajstić information content (AvgIpc) is 2.85. The summed E-state index contributed by atoms with van der Waals surface area (Å²) in [6, 6.07) is 12.8. The van der Waals surface area contributed by atoms with E-state index in [1.807, 2.05) is 12.1 Å². The molecule has 0 saturated heterocycles. The van der Waals surface area contributed by atoms with Crippen LogP contribution < -0.4 is 0 Å². The number of halogens is 1. The van der Waals surface area contributed by atoms with Gasteiger partial charge >= 0.3 is 5.97 Å². The van der Waals surface area contributed by atoms with Crippen molar-refractivity contribution in [1.29, 1.82) is 0 Å². The predicted octanol–water partition coefficient (Wildman–Crippen LogP) is 4.57. The zero-order valence-electron chi connectivity index (χ0n) is 13.4. The van der Waals surface area contributed by atoms with Crippen molar-refractivity contribution in [3.05, 3.63) is 76.1 Å². The number of allylic oxidation sites excluding steroid dienone is 2. The quantitative estimate of drug-likeness (QED) is 0.773. The van der Waals surface area contributed by atoms with Crippen LogP contribution in [0.15, 0.2) is 48.0 Å². The van der Waals surface area contributed by atoms with Gasteiger partial charge in [-0.1, -0.05) is 35.9 Å². The van der Waals surface area contributed by atoms with Crippen molar-refractivity contribution in [2.75, 3.05) is 6.61 Å². The number of benzene rings is 2. The van der Waals surface area contributed by atoms with Crippen LogP contribution in [-0.4, -0.2) is 12.6 Å². The lowest BCUT2D eigenvalue weighted by atomic mass is 9.97. The van der Waals surface area contributed by atoms with Crippen molar-refractivity contribution in [1.82, 2.24) is 0 Å². The summed E-state index contributed by atoms with van der Waals surface area (Å²) in [4.78, 5) is 11.7. The van der Waals surface area contributed by atoms with Crippen LogP contribution >= 0.6 is 0 Å². The monoisotopic (exact) mass is 310 g/mol. The molecule has 0 radical (unpaired) electrons. The van der Waals surface area contributed by atoms with Gasteiger partial charge in [0.1, 0.15) is 5.82 Å². The van der Waals surface area contributed by atoms with Gasteiger partial charge in [-0.2, -0.15) is 0 Å². The van der Waals surface area contributed by atoms with E-state index < -0.39 is 5.97 Å². The number of ether oxygens (including phenoxy) is 1. The highest BCUT2D eigenvalue weighted by atomic mass is 19.1. The maximum Gasteiger partial charge on any atom is 0.338 e. The third-order valence-corrected chi connectivity index (χ3v) is 4.24. The lowest BCUT2D eigenvalue weighted by molar-refractivity contribution is 0.0526. The highest BCUT2D eigenvalue weighted by Gasteiger charge is 2.20. The SMILES string of the molecule is CCOC(=O)c1ccc(CC2=C(C)Cc3ccccc32)c(F)c1. The van der Waals surface area contributed by atoms with Crippen LogP contribution in [0.4, 0.5) is 4.39 Å². The number of fused-ring (bicyclic) bond motifs is 1. The van der Waals surface area contributed by atoms with Gasteiger partial charge in [-0.05, 0) is 54.7 Å². The number of rotatable bonds is 4. The van der Waals surface area contributed by atoms with Gasteiger partial charge in [0.25, 0.3) is 0 Å². The minimum absolute atomic E-state index is 0.255. The standard InChI is InChI=1S/C20H19FO2/c1-3-23-20(22)16-9-8-15(19(21)12-16)11-18-13(2)10-14-6-4-5-7-17(14)18/h4-9,12H,3,10-11H2,1-2H3. The van der Waals surface area contributed by atoms with Gasteiger partial charge < -0.3 is 4.74 Å². The molecule has 23 heavy (non-hydrogen) atoms. The van der Waals surface area contributed by atoms with Gasteiger partial charge in [-0.15, -0.1) is 0 Å². The molecule has 1 aliphatic carbocycles. The number of carbonyl (C=O) groups excluding carboxylic acids is 1. The lowest BCUT2D eigenvalue weighted by Crippen LogP contribution is -2.06. The van der Waals surface area contributed by atoms with Gasteiger partial charge in [-0.3, -0.25) is 0 Å². The fourth-order valence-corrected chi connectivity index (χ4v) is 3.06. The Morgan fingerprint density at radius 3 is 2.74 bits per heavy atom. The van der Waals surface area contributed by atoms with Crippen LogP contribution in [0.25, 0.3) is 5.57 Å². The third-order valence-electron chi connectivity index (χ3n) is 4.24. The van der Waals surface area contributed by atoms with Crippen LogP contribution in [0.5, 0.6) is 0 Å². The van der Waals surface area contributed by atoms with Crippen LogP contribution in [-0.2, 0) is 17.6 Å². The van der Waals surface area contributed by atoms with E-state index in [0.717, 1.165) is 6.42 Å². The zero-order chi connectivity index (χ0) is 16.4. The highest BCUT2D eigenvalue weighted by Crippen LogP contribution is 2.35. The molecular weight excluding hydrogens is 291 g/mol. The Hall–Kier alpha value is -2.42. The molecule has 0 unspecified atom stereocenters. The largest absolute Gasteiger partial charge is 0.462 e. The molecule has 1 aliphatic rings. The summed E-state index contributed by atoms with van der Waals surface area (Å²) < 4.78 is 19.3. The molecule has 0 bridgehead atoms. The van der Waals surface area contributed by atoms with Gasteiger partial charge in [0, 0.05) is 6.42 Å². The topological polar surface area (TPSA) is 26.3 Å². The summed E-state index contributed by atoms with van der Waals surface area (Å²) in [5.41, 5.74) is 5.82. The summed E-state index contributed by atoms with van der Waals surface area (Å²) in [5.74, 6) is -0.847. The predicted molar refractivity (Wildman–Crippen MR) is 88.8 cm³/mol. The Bertz CT molecular complexity index is 790. The van der Waals surface area contributed by atoms with Crippen LogP contribution in [0, 0.1) is 5.82 Å². The molecule has 3 rings (SSSR count). The van der Waals surface area contributed by atoms with Gasteiger partial charge in [0.05, 0.1) is 12.2 Å². The van der Waals surface area contributed by atoms with Gasteiger partial charge in [0.15, 0.2) is 0 Å². The molecule has 0 saturated carbocycles. The van der Waals surface area contributed by atoms with E-state index in [1.54, 1.807) is 19.1 Å². The molecule has 2 nitrogen and oxygen atoms in total. The van der Waals surface area contributed by atoms with Gasteiger partial charge in [0.2, 0.25) is 0 Å². The maximum absolute atomic E-state index is 14.4. The minimum atomic E-state index is -0.487. The smallest absolute Gasteiger partial charge is 0.338 e. The molecule has 0 aliphatic heterocycles. The minimum Gasteiger partial charge on any atom is -0.462 e. The van der Waals surface area contributed by atoms with Crippen molar-refractivity contribution in [2.24, 2.45) is 0 Å². The van der Waals surface area contributed by atoms with Crippen LogP contribution in [0.2, 0.25) is 0 Å². The van der Waals surface area contributed by atoms with E-state index >= 15 is 0 Å². The Balaban J connectivity index is 1.87. The maximum atomic E-state index is 14.4. The van der Waals surface area contributed by atoms with E-state index in [2.05, 4.69) is 19.1 Å². The van der Waals surface area contributed by atoms with E-state index in [0.29, 0.717) is 12.0 Å². The summed E-state index contributed by atoms with van der Waals surface area (Å²) in [6.45, 7) is 4.11. The molecule has 0 fully saturated rings. The lowest BCUT2D eigenvalue weighted by Gasteiger charge is -2.09. The van der Waals surface area contributed by atoms with Crippen molar-refractivity contribution in [3.8, 4) is 0 Å². The normalized spacial score (nSPS) is 13.2. The second-order valence-electron chi connectivity index (χ2n) is 5.80. The number of hydrogen-bond donors (Lipinski definition) is 0. The summed E-state index contributed by atoms with van der Waals surface area (Å²) in [5, 5.41) is 0. The summed E-state index contributed by atoms with van der Waals surface area (Å²) in [7, 11) is 0. The van der Waals surface area contributed by atoms with E-state index in [9.17, 15) is 9.18 Å². The first kappa shape index (κ1) is 15.5. The van der Waals surface area contributed by atoms with E-state index in [4.69, 9.17) is 4.74 Å². The molecule has 0 spiro atoms. The Kier molecular flexibility index (Phi) is 4.28. The van der Waals surface area contributed by atoms with Crippen LogP contribution in [0.3, 0.4) is 0 Å².